The van der Waals surface area contributed by atoms with Crippen molar-refractivity contribution in [2.24, 2.45) is 0 Å². The Morgan fingerprint density at radius 3 is 3.12 bits per heavy atom. The molecule has 2 aliphatic heterocycles. The number of nitrogens with zero attached hydrogens (tertiary/aromatic N) is 1. The van der Waals surface area contributed by atoms with Crippen molar-refractivity contribution in [3.05, 3.63) is 51.8 Å². The number of carbonyl (C=O) groups excluding carboxylic acids is 1. The first-order valence-electron chi connectivity index (χ1n) is 8.81. The van der Waals surface area contributed by atoms with Gasteiger partial charge in [-0.3, -0.25) is 9.89 Å². The van der Waals surface area contributed by atoms with E-state index in [0.717, 1.165) is 29.8 Å². The van der Waals surface area contributed by atoms with E-state index in [9.17, 15) is 4.79 Å². The summed E-state index contributed by atoms with van der Waals surface area (Å²) in [4.78, 5) is 12.6. The Bertz CT molecular complexity index is 799. The Hall–Kier alpha value is -2.18. The molecule has 2 atom stereocenters. The summed E-state index contributed by atoms with van der Waals surface area (Å²) in [5.41, 5.74) is 6.00. The molecule has 3 heterocycles. The molecule has 25 heavy (non-hydrogen) atoms. The normalized spacial score (nSPS) is 22.2. The summed E-state index contributed by atoms with van der Waals surface area (Å²) < 4.78 is 11.3. The van der Waals surface area contributed by atoms with Gasteiger partial charge in [-0.2, -0.15) is 5.10 Å². The Morgan fingerprint density at radius 1 is 1.36 bits per heavy atom. The molecular formula is C19H23N3O3. The van der Waals surface area contributed by atoms with Crippen LogP contribution in [0, 0.1) is 0 Å². The fraction of sp³-hybridized carbons (Fsp3) is 0.474. The number of hydrogen-bond acceptors (Lipinski definition) is 4. The van der Waals surface area contributed by atoms with Gasteiger partial charge in [-0.15, -0.1) is 0 Å². The van der Waals surface area contributed by atoms with E-state index in [0.29, 0.717) is 25.3 Å². The zero-order chi connectivity index (χ0) is 17.4. The first kappa shape index (κ1) is 16.3. The number of fused-ring (bicyclic) bond motifs is 2. The molecule has 0 spiro atoms. The highest BCUT2D eigenvalue weighted by molar-refractivity contribution is 5.94. The fourth-order valence-electron chi connectivity index (χ4n) is 3.66. The van der Waals surface area contributed by atoms with E-state index in [4.69, 9.17) is 9.47 Å². The summed E-state index contributed by atoms with van der Waals surface area (Å²) in [6, 6.07) is 6.33. The lowest BCUT2D eigenvalue weighted by Crippen LogP contribution is -2.27. The van der Waals surface area contributed by atoms with Crippen molar-refractivity contribution in [1.29, 1.82) is 0 Å². The van der Waals surface area contributed by atoms with Crippen LogP contribution in [0.3, 0.4) is 0 Å². The number of carbonyl (C=O) groups is 1. The predicted octanol–water partition coefficient (Wildman–Crippen LogP) is 2.43. The molecule has 0 saturated heterocycles. The molecule has 2 aromatic rings. The number of benzene rings is 1. The molecule has 0 saturated carbocycles. The monoisotopic (exact) mass is 341 g/mol. The van der Waals surface area contributed by atoms with E-state index in [1.54, 1.807) is 0 Å². The van der Waals surface area contributed by atoms with Crippen LogP contribution in [0.15, 0.2) is 18.2 Å². The van der Waals surface area contributed by atoms with Gasteiger partial charge in [-0.1, -0.05) is 18.2 Å². The Morgan fingerprint density at radius 2 is 2.24 bits per heavy atom. The fourth-order valence-corrected chi connectivity index (χ4v) is 3.66. The molecule has 1 amide bonds. The number of amides is 1. The van der Waals surface area contributed by atoms with Gasteiger partial charge in [0.1, 0.15) is 0 Å². The van der Waals surface area contributed by atoms with E-state index in [1.165, 1.54) is 11.1 Å². The number of aromatic nitrogens is 2. The standard InChI is InChI=1S/C19H23N3O3/c1-11-7-16-17(12(2)25-11)21-22-18(16)19(23)20-9-13-3-4-14-5-6-24-10-15(14)8-13/h3-4,8,11-12H,5-7,9-10H2,1-2H3,(H,20,23)(H,21,22)/t11-,12+/m1/s1. The second-order valence-electron chi connectivity index (χ2n) is 6.85. The van der Waals surface area contributed by atoms with Crippen LogP contribution in [0.2, 0.25) is 0 Å². The molecule has 1 aromatic heterocycles. The van der Waals surface area contributed by atoms with Gasteiger partial charge >= 0.3 is 0 Å². The maximum atomic E-state index is 12.6. The molecule has 6 heteroatoms. The van der Waals surface area contributed by atoms with Gasteiger partial charge in [0.15, 0.2) is 5.69 Å². The zero-order valence-electron chi connectivity index (χ0n) is 14.6. The highest BCUT2D eigenvalue weighted by Gasteiger charge is 2.29. The molecule has 2 aliphatic rings. The third-order valence-electron chi connectivity index (χ3n) is 4.95. The summed E-state index contributed by atoms with van der Waals surface area (Å²) in [5.74, 6) is -0.146. The van der Waals surface area contributed by atoms with Crippen molar-refractivity contribution in [3.8, 4) is 0 Å². The number of aromatic amines is 1. The number of nitrogens with one attached hydrogen (secondary N) is 2. The van der Waals surface area contributed by atoms with Crippen LogP contribution in [0.5, 0.6) is 0 Å². The summed E-state index contributed by atoms with van der Waals surface area (Å²) in [6.07, 6.45) is 1.69. The van der Waals surface area contributed by atoms with Crippen LogP contribution in [0.25, 0.3) is 0 Å². The maximum Gasteiger partial charge on any atom is 0.272 e. The van der Waals surface area contributed by atoms with Crippen LogP contribution >= 0.6 is 0 Å². The van der Waals surface area contributed by atoms with Crippen molar-refractivity contribution in [2.75, 3.05) is 6.61 Å². The lowest BCUT2D eigenvalue weighted by molar-refractivity contribution is -0.00697. The molecule has 4 rings (SSSR count). The smallest absolute Gasteiger partial charge is 0.272 e. The number of H-pyrrole nitrogens is 1. The van der Waals surface area contributed by atoms with Crippen molar-refractivity contribution in [3.63, 3.8) is 0 Å². The summed E-state index contributed by atoms with van der Waals surface area (Å²) in [5, 5.41) is 10.2. The Labute approximate surface area is 146 Å². The lowest BCUT2D eigenvalue weighted by Gasteiger charge is -2.25. The minimum absolute atomic E-state index is 0.0616. The first-order chi connectivity index (χ1) is 12.1. The molecule has 6 nitrogen and oxygen atoms in total. The number of ether oxygens (including phenoxy) is 2. The topological polar surface area (TPSA) is 76.2 Å². The maximum absolute atomic E-state index is 12.6. The van der Waals surface area contributed by atoms with Crippen LogP contribution < -0.4 is 5.32 Å². The molecule has 0 aliphatic carbocycles. The van der Waals surface area contributed by atoms with Crippen molar-refractivity contribution < 1.29 is 14.3 Å². The van der Waals surface area contributed by atoms with Gasteiger partial charge in [0.05, 0.1) is 31.1 Å². The molecule has 0 radical (unpaired) electrons. The van der Waals surface area contributed by atoms with E-state index in [-0.39, 0.29) is 18.1 Å². The van der Waals surface area contributed by atoms with Crippen LogP contribution in [0.4, 0.5) is 0 Å². The number of hydrogen-bond donors (Lipinski definition) is 2. The summed E-state index contributed by atoms with van der Waals surface area (Å²) in [6.45, 7) is 5.91. The van der Waals surface area contributed by atoms with Crippen molar-refractivity contribution in [2.45, 2.75) is 52.0 Å². The average molecular weight is 341 g/mol. The molecule has 0 fully saturated rings. The highest BCUT2D eigenvalue weighted by atomic mass is 16.5. The lowest BCUT2D eigenvalue weighted by atomic mass is 9.99. The molecule has 0 unspecified atom stereocenters. The SMILES string of the molecule is C[C@@H]1Cc2c(C(=O)NCc3ccc4c(c3)COCC4)n[nH]c2[C@H](C)O1. The van der Waals surface area contributed by atoms with Gasteiger partial charge in [-0.25, -0.2) is 0 Å². The van der Waals surface area contributed by atoms with Gasteiger partial charge in [0.25, 0.3) is 5.91 Å². The van der Waals surface area contributed by atoms with Gasteiger partial charge in [-0.05, 0) is 37.0 Å². The Kier molecular flexibility index (Phi) is 4.31. The second kappa shape index (κ2) is 6.61. The first-order valence-corrected chi connectivity index (χ1v) is 8.81. The van der Waals surface area contributed by atoms with Crippen molar-refractivity contribution >= 4 is 5.91 Å². The minimum Gasteiger partial charge on any atom is -0.376 e. The molecule has 132 valence electrons. The van der Waals surface area contributed by atoms with Crippen molar-refractivity contribution in [1.82, 2.24) is 15.5 Å². The van der Waals surface area contributed by atoms with Crippen LogP contribution in [0.1, 0.15) is 58.4 Å². The highest BCUT2D eigenvalue weighted by Crippen LogP contribution is 2.30. The van der Waals surface area contributed by atoms with E-state index in [1.807, 2.05) is 13.8 Å². The summed E-state index contributed by atoms with van der Waals surface area (Å²) >= 11 is 0. The molecule has 0 bridgehead atoms. The molecular weight excluding hydrogens is 318 g/mol. The average Bonchev–Trinajstić information content (AvgIpc) is 3.03. The third-order valence-corrected chi connectivity index (χ3v) is 4.95. The quantitative estimate of drug-likeness (QED) is 0.899. The molecule has 1 aromatic carbocycles. The van der Waals surface area contributed by atoms with E-state index >= 15 is 0 Å². The van der Waals surface area contributed by atoms with Gasteiger partial charge in [0, 0.05) is 18.5 Å². The zero-order valence-corrected chi connectivity index (χ0v) is 14.6. The van der Waals surface area contributed by atoms with Gasteiger partial charge < -0.3 is 14.8 Å². The minimum atomic E-state index is -0.146. The van der Waals surface area contributed by atoms with Crippen LogP contribution in [-0.4, -0.2) is 28.8 Å². The Balaban J connectivity index is 1.46. The van der Waals surface area contributed by atoms with Gasteiger partial charge in [0.2, 0.25) is 0 Å². The van der Waals surface area contributed by atoms with Crippen LogP contribution in [-0.2, 0) is 35.5 Å². The van der Waals surface area contributed by atoms with E-state index < -0.39 is 0 Å². The van der Waals surface area contributed by atoms with E-state index in [2.05, 4.69) is 33.7 Å². The number of rotatable bonds is 3. The second-order valence-corrected chi connectivity index (χ2v) is 6.85. The largest absolute Gasteiger partial charge is 0.376 e. The summed E-state index contributed by atoms with van der Waals surface area (Å²) in [7, 11) is 0. The molecule has 2 N–H and O–H groups in total. The third kappa shape index (κ3) is 3.19. The predicted molar refractivity (Wildman–Crippen MR) is 92.2 cm³/mol.